The van der Waals surface area contributed by atoms with Crippen molar-refractivity contribution in [2.45, 2.75) is 26.7 Å². The van der Waals surface area contributed by atoms with Crippen LogP contribution in [0.25, 0.3) is 6.08 Å². The van der Waals surface area contributed by atoms with Gasteiger partial charge < -0.3 is 9.47 Å². The lowest BCUT2D eigenvalue weighted by Gasteiger charge is -2.15. The van der Waals surface area contributed by atoms with E-state index in [1.165, 1.54) is 5.01 Å². The van der Waals surface area contributed by atoms with Crippen molar-refractivity contribution in [1.82, 2.24) is 0 Å². The number of para-hydroxylation sites is 1. The van der Waals surface area contributed by atoms with E-state index in [1.54, 1.807) is 7.11 Å². The van der Waals surface area contributed by atoms with E-state index in [-0.39, 0.29) is 5.91 Å². The van der Waals surface area contributed by atoms with E-state index in [1.807, 2.05) is 61.5 Å². The van der Waals surface area contributed by atoms with Crippen LogP contribution in [-0.2, 0) is 11.2 Å². The Kier molecular flexibility index (Phi) is 6.50. The molecule has 0 atom stereocenters. The molecule has 1 amide bonds. The van der Waals surface area contributed by atoms with Gasteiger partial charge in [0.1, 0.15) is 0 Å². The van der Waals surface area contributed by atoms with Gasteiger partial charge in [0.25, 0.3) is 5.91 Å². The molecule has 150 valence electrons. The van der Waals surface area contributed by atoms with Crippen molar-refractivity contribution in [2.75, 3.05) is 18.7 Å². The Labute approximate surface area is 171 Å². The molecule has 5 heteroatoms. The van der Waals surface area contributed by atoms with Gasteiger partial charge in [0, 0.05) is 5.56 Å². The summed E-state index contributed by atoms with van der Waals surface area (Å²) in [6, 6.07) is 13.3. The number of nitrogens with zero attached hydrogens (tertiary/aromatic N) is 2. The van der Waals surface area contributed by atoms with Crippen molar-refractivity contribution in [3.8, 4) is 11.5 Å². The molecule has 0 fully saturated rings. The first-order valence-corrected chi connectivity index (χ1v) is 9.70. The van der Waals surface area contributed by atoms with Gasteiger partial charge >= 0.3 is 0 Å². The lowest BCUT2D eigenvalue weighted by molar-refractivity contribution is -0.114. The number of hydrazone groups is 1. The summed E-state index contributed by atoms with van der Waals surface area (Å²) >= 11 is 0. The SMILES string of the molecule is C=CCc1cc(/C=C2/C(=O)N(c3ccccc3)N=C2C)cc(OC)c1OCCC. The smallest absolute Gasteiger partial charge is 0.280 e. The van der Waals surface area contributed by atoms with Crippen LogP contribution in [0.1, 0.15) is 31.4 Å². The summed E-state index contributed by atoms with van der Waals surface area (Å²) < 4.78 is 11.5. The Balaban J connectivity index is 1.99. The monoisotopic (exact) mass is 390 g/mol. The quantitative estimate of drug-likeness (QED) is 0.470. The second-order valence-electron chi connectivity index (χ2n) is 6.75. The number of carbonyl (C=O) groups excluding carboxylic acids is 1. The third-order valence-electron chi connectivity index (χ3n) is 4.56. The molecule has 2 aromatic rings. The van der Waals surface area contributed by atoms with Crippen LogP contribution in [0.2, 0.25) is 0 Å². The summed E-state index contributed by atoms with van der Waals surface area (Å²) in [7, 11) is 1.62. The first kappa shape index (κ1) is 20.4. The second-order valence-corrected chi connectivity index (χ2v) is 6.75. The Hall–Kier alpha value is -3.34. The minimum atomic E-state index is -0.149. The average molecular weight is 390 g/mol. The molecule has 1 heterocycles. The first-order chi connectivity index (χ1) is 14.1. The lowest BCUT2D eigenvalue weighted by Crippen LogP contribution is -2.21. The highest BCUT2D eigenvalue weighted by molar-refractivity contribution is 6.32. The van der Waals surface area contributed by atoms with Crippen molar-refractivity contribution in [1.29, 1.82) is 0 Å². The van der Waals surface area contributed by atoms with Gasteiger partial charge in [-0.2, -0.15) is 10.1 Å². The first-order valence-electron chi connectivity index (χ1n) is 9.70. The number of allylic oxidation sites excluding steroid dienone is 1. The Bertz CT molecular complexity index is 962. The molecular formula is C24H26N2O3. The van der Waals surface area contributed by atoms with Crippen molar-refractivity contribution in [3.05, 3.63) is 71.8 Å². The third-order valence-corrected chi connectivity index (χ3v) is 4.56. The molecule has 1 aliphatic heterocycles. The zero-order valence-corrected chi connectivity index (χ0v) is 17.1. The minimum Gasteiger partial charge on any atom is -0.493 e. The van der Waals surface area contributed by atoms with E-state index >= 15 is 0 Å². The molecule has 1 aliphatic rings. The lowest BCUT2D eigenvalue weighted by atomic mass is 10.0. The van der Waals surface area contributed by atoms with Gasteiger partial charge in [-0.1, -0.05) is 31.2 Å². The summed E-state index contributed by atoms with van der Waals surface area (Å²) in [4.78, 5) is 13.0. The fourth-order valence-electron chi connectivity index (χ4n) is 3.19. The van der Waals surface area contributed by atoms with Crippen molar-refractivity contribution >= 4 is 23.4 Å². The second kappa shape index (κ2) is 9.24. The van der Waals surface area contributed by atoms with Crippen LogP contribution in [0, 0.1) is 0 Å². The van der Waals surface area contributed by atoms with Gasteiger partial charge in [0.2, 0.25) is 0 Å². The van der Waals surface area contributed by atoms with Crippen LogP contribution in [0.5, 0.6) is 11.5 Å². The summed E-state index contributed by atoms with van der Waals surface area (Å²) in [5, 5.41) is 5.87. The molecule has 0 saturated carbocycles. The number of methoxy groups -OCH3 is 1. The average Bonchev–Trinajstić information content (AvgIpc) is 3.01. The molecule has 29 heavy (non-hydrogen) atoms. The fraction of sp³-hybridized carbons (Fsp3) is 0.250. The zero-order valence-electron chi connectivity index (χ0n) is 17.1. The summed E-state index contributed by atoms with van der Waals surface area (Å²) in [6.07, 6.45) is 5.23. The number of amides is 1. The number of benzene rings is 2. The zero-order chi connectivity index (χ0) is 20.8. The molecule has 2 aromatic carbocycles. The third kappa shape index (κ3) is 4.40. The van der Waals surface area contributed by atoms with Gasteiger partial charge in [-0.3, -0.25) is 4.79 Å². The van der Waals surface area contributed by atoms with Gasteiger partial charge in [-0.05, 0) is 55.7 Å². The van der Waals surface area contributed by atoms with E-state index < -0.39 is 0 Å². The largest absolute Gasteiger partial charge is 0.493 e. The van der Waals surface area contributed by atoms with Crippen LogP contribution in [0.15, 0.2) is 65.8 Å². The number of hydrogen-bond donors (Lipinski definition) is 0. The van der Waals surface area contributed by atoms with Crippen molar-refractivity contribution in [3.63, 3.8) is 0 Å². The summed E-state index contributed by atoms with van der Waals surface area (Å²) in [6.45, 7) is 8.35. The highest BCUT2D eigenvalue weighted by Gasteiger charge is 2.28. The van der Waals surface area contributed by atoms with Gasteiger partial charge in [0.15, 0.2) is 11.5 Å². The molecule has 0 unspecified atom stereocenters. The number of ether oxygens (including phenoxy) is 2. The van der Waals surface area contributed by atoms with Crippen molar-refractivity contribution < 1.29 is 14.3 Å². The number of hydrogen-bond acceptors (Lipinski definition) is 4. The van der Waals surface area contributed by atoms with E-state index in [0.717, 1.165) is 29.0 Å². The summed E-state index contributed by atoms with van der Waals surface area (Å²) in [5.74, 6) is 1.22. The van der Waals surface area contributed by atoms with Crippen LogP contribution < -0.4 is 14.5 Å². The molecule has 0 spiro atoms. The fourth-order valence-corrected chi connectivity index (χ4v) is 3.19. The van der Waals surface area contributed by atoms with E-state index in [0.29, 0.717) is 30.1 Å². The number of rotatable bonds is 8. The molecule has 0 aromatic heterocycles. The molecule has 3 rings (SSSR count). The van der Waals surface area contributed by atoms with Crippen molar-refractivity contribution in [2.24, 2.45) is 5.10 Å². The maximum absolute atomic E-state index is 13.0. The van der Waals surface area contributed by atoms with Crippen LogP contribution in [0.3, 0.4) is 0 Å². The van der Waals surface area contributed by atoms with Gasteiger partial charge in [0.05, 0.1) is 30.7 Å². The van der Waals surface area contributed by atoms with E-state index in [4.69, 9.17) is 9.47 Å². The summed E-state index contributed by atoms with van der Waals surface area (Å²) in [5.41, 5.74) is 3.81. The number of anilines is 1. The molecular weight excluding hydrogens is 364 g/mol. The molecule has 0 bridgehead atoms. The minimum absolute atomic E-state index is 0.149. The van der Waals surface area contributed by atoms with Gasteiger partial charge in [-0.25, -0.2) is 0 Å². The normalized spacial score (nSPS) is 14.9. The highest BCUT2D eigenvalue weighted by Crippen LogP contribution is 2.35. The predicted molar refractivity (Wildman–Crippen MR) is 118 cm³/mol. The van der Waals surface area contributed by atoms with Crippen LogP contribution in [-0.4, -0.2) is 25.3 Å². The number of carbonyl (C=O) groups is 1. The van der Waals surface area contributed by atoms with Crippen LogP contribution >= 0.6 is 0 Å². The molecule has 0 N–H and O–H groups in total. The standard InChI is InChI=1S/C24H26N2O3/c1-5-10-19-14-18(16-22(28-4)23(19)29-13-6-2)15-21-17(3)25-26(24(21)27)20-11-8-7-9-12-20/h5,7-9,11-12,14-16H,1,6,10,13H2,2-4H3/b21-15+. The maximum Gasteiger partial charge on any atom is 0.280 e. The molecule has 5 nitrogen and oxygen atoms in total. The van der Waals surface area contributed by atoms with Crippen LogP contribution in [0.4, 0.5) is 5.69 Å². The molecule has 0 radical (unpaired) electrons. The van der Waals surface area contributed by atoms with E-state index in [9.17, 15) is 4.79 Å². The van der Waals surface area contributed by atoms with E-state index in [2.05, 4.69) is 18.6 Å². The maximum atomic E-state index is 13.0. The Morgan fingerprint density at radius 3 is 2.62 bits per heavy atom. The topological polar surface area (TPSA) is 51.1 Å². The Morgan fingerprint density at radius 2 is 1.97 bits per heavy atom. The molecule has 0 aliphatic carbocycles. The highest BCUT2D eigenvalue weighted by atomic mass is 16.5. The van der Waals surface area contributed by atoms with Gasteiger partial charge in [-0.15, -0.1) is 6.58 Å². The Morgan fingerprint density at radius 1 is 1.21 bits per heavy atom. The predicted octanol–water partition coefficient (Wildman–Crippen LogP) is 5.02. The molecule has 0 saturated heterocycles.